The quantitative estimate of drug-likeness (QED) is 0.819. The molecule has 1 aliphatic rings. The largest absolute Gasteiger partial charge is 0.497 e. The summed E-state index contributed by atoms with van der Waals surface area (Å²) in [6.07, 6.45) is 6.18. The molecular formula is C17H26N2O2. The van der Waals surface area contributed by atoms with Crippen molar-refractivity contribution in [2.45, 2.75) is 45.1 Å². The number of benzene rings is 1. The van der Waals surface area contributed by atoms with Gasteiger partial charge >= 0.3 is 0 Å². The zero-order chi connectivity index (χ0) is 15.1. The van der Waals surface area contributed by atoms with Gasteiger partial charge in [-0.3, -0.25) is 4.79 Å². The monoisotopic (exact) mass is 290 g/mol. The molecule has 0 spiro atoms. The highest BCUT2D eigenvalue weighted by Gasteiger charge is 2.16. The fourth-order valence-corrected chi connectivity index (χ4v) is 2.83. The van der Waals surface area contributed by atoms with Gasteiger partial charge in [-0.2, -0.15) is 0 Å². The molecule has 2 atom stereocenters. The zero-order valence-electron chi connectivity index (χ0n) is 13.0. The first-order valence-corrected chi connectivity index (χ1v) is 7.84. The molecule has 0 aliphatic heterocycles. The van der Waals surface area contributed by atoms with E-state index >= 15 is 0 Å². The number of carbonyl (C=O) groups excluding carboxylic acids is 1. The van der Waals surface area contributed by atoms with Crippen LogP contribution in [0.25, 0.3) is 0 Å². The van der Waals surface area contributed by atoms with Gasteiger partial charge in [0.25, 0.3) is 0 Å². The second-order valence-electron chi connectivity index (χ2n) is 5.97. The lowest BCUT2D eigenvalue weighted by atomic mass is 10.0. The van der Waals surface area contributed by atoms with Gasteiger partial charge < -0.3 is 15.4 Å². The first-order valence-electron chi connectivity index (χ1n) is 7.84. The normalized spacial score (nSPS) is 22.4. The van der Waals surface area contributed by atoms with Crippen LogP contribution >= 0.6 is 0 Å². The fourth-order valence-electron chi connectivity index (χ4n) is 2.83. The number of ether oxygens (including phenoxy) is 1. The third-order valence-electron chi connectivity index (χ3n) is 4.16. The molecule has 4 heteroatoms. The summed E-state index contributed by atoms with van der Waals surface area (Å²) in [5.74, 6) is 1.57. The van der Waals surface area contributed by atoms with E-state index in [1.54, 1.807) is 7.11 Å². The lowest BCUT2D eigenvalue weighted by Gasteiger charge is -2.16. The van der Waals surface area contributed by atoms with E-state index in [2.05, 4.69) is 17.6 Å². The Labute approximate surface area is 127 Å². The molecule has 2 N–H and O–H groups in total. The first kappa shape index (κ1) is 15.8. The zero-order valence-corrected chi connectivity index (χ0v) is 13.0. The van der Waals surface area contributed by atoms with E-state index in [1.807, 2.05) is 24.3 Å². The second-order valence-corrected chi connectivity index (χ2v) is 5.97. The van der Waals surface area contributed by atoms with E-state index in [0.717, 1.165) is 17.4 Å². The Kier molecular flexibility index (Phi) is 6.05. The summed E-state index contributed by atoms with van der Waals surface area (Å²) >= 11 is 0. The molecule has 0 heterocycles. The van der Waals surface area contributed by atoms with Gasteiger partial charge in [-0.25, -0.2) is 0 Å². The Bertz CT molecular complexity index is 462. The summed E-state index contributed by atoms with van der Waals surface area (Å²) in [4.78, 5) is 12.0. The van der Waals surface area contributed by atoms with Gasteiger partial charge in [0.05, 0.1) is 13.7 Å². The van der Waals surface area contributed by atoms with E-state index in [1.165, 1.54) is 32.1 Å². The average Bonchev–Trinajstić information content (AvgIpc) is 2.70. The van der Waals surface area contributed by atoms with Crippen molar-refractivity contribution >= 4 is 11.6 Å². The van der Waals surface area contributed by atoms with Crippen LogP contribution in [-0.2, 0) is 4.79 Å². The van der Waals surface area contributed by atoms with Gasteiger partial charge in [0.1, 0.15) is 5.75 Å². The maximum absolute atomic E-state index is 12.0. The van der Waals surface area contributed by atoms with E-state index in [0.29, 0.717) is 12.6 Å². The maximum Gasteiger partial charge on any atom is 0.238 e. The molecule has 0 saturated heterocycles. The predicted molar refractivity (Wildman–Crippen MR) is 85.7 cm³/mol. The van der Waals surface area contributed by atoms with Crippen LogP contribution < -0.4 is 15.4 Å². The molecule has 2 rings (SSSR count). The van der Waals surface area contributed by atoms with Crippen molar-refractivity contribution < 1.29 is 9.53 Å². The molecule has 0 radical (unpaired) electrons. The Hall–Kier alpha value is -1.55. The lowest BCUT2D eigenvalue weighted by molar-refractivity contribution is -0.115. The molecule has 116 valence electrons. The van der Waals surface area contributed by atoms with Crippen molar-refractivity contribution in [2.24, 2.45) is 5.92 Å². The molecule has 1 aromatic carbocycles. The van der Waals surface area contributed by atoms with Crippen LogP contribution in [-0.4, -0.2) is 25.6 Å². The van der Waals surface area contributed by atoms with E-state index in [-0.39, 0.29) is 5.91 Å². The van der Waals surface area contributed by atoms with Crippen molar-refractivity contribution in [1.82, 2.24) is 5.32 Å². The molecule has 4 nitrogen and oxygen atoms in total. The molecular weight excluding hydrogens is 264 g/mol. The van der Waals surface area contributed by atoms with Gasteiger partial charge in [0.15, 0.2) is 0 Å². The summed E-state index contributed by atoms with van der Waals surface area (Å²) in [6, 6.07) is 7.90. The molecule has 2 unspecified atom stereocenters. The van der Waals surface area contributed by atoms with Gasteiger partial charge in [-0.1, -0.05) is 25.8 Å². The van der Waals surface area contributed by atoms with Crippen LogP contribution in [0.5, 0.6) is 5.75 Å². The summed E-state index contributed by atoms with van der Waals surface area (Å²) in [7, 11) is 1.62. The number of rotatable bonds is 5. The Morgan fingerprint density at radius 2 is 2.14 bits per heavy atom. The van der Waals surface area contributed by atoms with Crippen LogP contribution in [0.4, 0.5) is 5.69 Å². The number of amides is 1. The molecule has 1 saturated carbocycles. The summed E-state index contributed by atoms with van der Waals surface area (Å²) in [6.45, 7) is 2.69. The number of nitrogens with one attached hydrogen (secondary N) is 2. The number of hydrogen-bond donors (Lipinski definition) is 2. The summed E-state index contributed by atoms with van der Waals surface area (Å²) < 4.78 is 5.15. The van der Waals surface area contributed by atoms with Crippen molar-refractivity contribution in [2.75, 3.05) is 19.0 Å². The van der Waals surface area contributed by atoms with Crippen molar-refractivity contribution in [3.63, 3.8) is 0 Å². The number of hydrogen-bond acceptors (Lipinski definition) is 3. The third-order valence-corrected chi connectivity index (χ3v) is 4.16. The minimum absolute atomic E-state index is 0.000508. The highest BCUT2D eigenvalue weighted by atomic mass is 16.5. The minimum atomic E-state index is 0.000508. The number of methoxy groups -OCH3 is 1. The molecule has 1 aromatic rings. The minimum Gasteiger partial charge on any atom is -0.497 e. The smallest absolute Gasteiger partial charge is 0.238 e. The predicted octanol–water partition coefficient (Wildman–Crippen LogP) is 3.19. The van der Waals surface area contributed by atoms with E-state index < -0.39 is 0 Å². The Morgan fingerprint density at radius 1 is 1.29 bits per heavy atom. The van der Waals surface area contributed by atoms with Gasteiger partial charge in [-0.05, 0) is 37.3 Å². The molecule has 1 aliphatic carbocycles. The fraction of sp³-hybridized carbons (Fsp3) is 0.588. The maximum atomic E-state index is 12.0. The van der Waals surface area contributed by atoms with Gasteiger partial charge in [0.2, 0.25) is 5.91 Å². The van der Waals surface area contributed by atoms with Gasteiger partial charge in [-0.15, -0.1) is 0 Å². The van der Waals surface area contributed by atoms with Crippen LogP contribution in [0.3, 0.4) is 0 Å². The van der Waals surface area contributed by atoms with Crippen molar-refractivity contribution in [3.05, 3.63) is 24.3 Å². The van der Waals surface area contributed by atoms with Crippen LogP contribution in [0.15, 0.2) is 24.3 Å². The molecule has 0 aromatic heterocycles. The van der Waals surface area contributed by atoms with Crippen molar-refractivity contribution in [1.29, 1.82) is 0 Å². The molecule has 0 bridgehead atoms. The Balaban J connectivity index is 1.76. The molecule has 21 heavy (non-hydrogen) atoms. The second kappa shape index (κ2) is 8.03. The van der Waals surface area contributed by atoms with Crippen LogP contribution in [0.2, 0.25) is 0 Å². The summed E-state index contributed by atoms with van der Waals surface area (Å²) in [5, 5.41) is 6.29. The van der Waals surface area contributed by atoms with E-state index in [9.17, 15) is 4.79 Å². The number of anilines is 1. The topological polar surface area (TPSA) is 50.4 Å². The van der Waals surface area contributed by atoms with Crippen molar-refractivity contribution in [3.8, 4) is 5.75 Å². The molecule has 1 amide bonds. The highest BCUT2D eigenvalue weighted by molar-refractivity contribution is 5.92. The van der Waals surface area contributed by atoms with E-state index in [4.69, 9.17) is 4.74 Å². The van der Waals surface area contributed by atoms with Gasteiger partial charge in [0, 0.05) is 17.8 Å². The molecule has 1 fully saturated rings. The highest BCUT2D eigenvalue weighted by Crippen LogP contribution is 2.22. The standard InChI is InChI=1S/C17H26N2O2/c1-13-5-3-6-14(10-9-13)18-12-17(20)19-15-7-4-8-16(11-15)21-2/h4,7-8,11,13-14,18H,3,5-6,9-10,12H2,1-2H3,(H,19,20). The number of carbonyl (C=O) groups is 1. The Morgan fingerprint density at radius 3 is 2.95 bits per heavy atom. The first-order chi connectivity index (χ1) is 10.2. The van der Waals surface area contributed by atoms with Crippen LogP contribution in [0, 0.1) is 5.92 Å². The van der Waals surface area contributed by atoms with Crippen LogP contribution in [0.1, 0.15) is 39.0 Å². The lowest BCUT2D eigenvalue weighted by Crippen LogP contribution is -2.35. The SMILES string of the molecule is COc1cccc(NC(=O)CNC2CCCC(C)CC2)c1. The third kappa shape index (κ3) is 5.38. The summed E-state index contributed by atoms with van der Waals surface area (Å²) in [5.41, 5.74) is 0.774. The average molecular weight is 290 g/mol.